The maximum atomic E-state index is 15.2. The molecule has 13 heteroatoms. The number of rotatable bonds is 4. The summed E-state index contributed by atoms with van der Waals surface area (Å²) in [6, 6.07) is 13.2. The number of amides is 1. The fourth-order valence-corrected chi connectivity index (χ4v) is 29.9. The minimum Gasteiger partial charge on any atom is -0.504 e. The molecule has 87 heavy (non-hydrogen) atoms. The standard InChI is InChI=1S/C74H103N5O6S2/c1-47(80)84-72-39-52-15-17-56(72)36-53-34-54(64(83)65-63(53)50-22-31-71(85-65)26-10-14-55(71)35-50)44-79-46-69(41-61(79)82)57(19-20-59(69)49-12-4-3-5-13-49)43-77-66(75)78-74(29-11-25-67(74)23-6-7-24-67)87-86-45-58-18-16-51(62(52)60(81)40-72)38-70(58)33-32-68(73(70)27-8-9-28-73)30-21-48(37-68)42-76-2/h3-5,12-13,22,31,34,48,50-52,55-60,62,76,81,83H,6-11,14-21,23-30,32-33,35-46H2,1-2H3,(H3,75,77,78). The Kier molecular flexibility index (Phi) is 14.8. The van der Waals surface area contributed by atoms with E-state index >= 15 is 4.79 Å². The lowest BCUT2D eigenvalue weighted by molar-refractivity contribution is -0.203. The predicted molar refractivity (Wildman–Crippen MR) is 347 cm³/mol. The number of allylic oxidation sites excluding steroid dienone is 1. The Morgan fingerprint density at radius 2 is 1.61 bits per heavy atom. The number of esters is 1. The van der Waals surface area contributed by atoms with E-state index in [0.29, 0.717) is 72.6 Å². The average Bonchev–Trinajstić information content (AvgIpc) is 1.56. The zero-order chi connectivity index (χ0) is 59.2. The van der Waals surface area contributed by atoms with Gasteiger partial charge < -0.3 is 41.0 Å². The number of aliphatic hydroxyl groups is 1. The number of hydrogen-bond acceptors (Lipinski definition) is 12. The lowest BCUT2D eigenvalue weighted by Crippen LogP contribution is -2.59. The van der Waals surface area contributed by atoms with Crippen molar-refractivity contribution in [1.29, 1.82) is 0 Å². The van der Waals surface area contributed by atoms with Crippen molar-refractivity contribution in [3.05, 3.63) is 70.8 Å². The average molecular weight is 1220 g/mol. The van der Waals surface area contributed by atoms with E-state index in [4.69, 9.17) is 20.2 Å². The van der Waals surface area contributed by atoms with Crippen LogP contribution in [0.4, 0.5) is 0 Å². The summed E-state index contributed by atoms with van der Waals surface area (Å²) in [7, 11) is 6.54. The summed E-state index contributed by atoms with van der Waals surface area (Å²) in [6.45, 7) is 4.18. The highest BCUT2D eigenvalue weighted by molar-refractivity contribution is 8.77. The van der Waals surface area contributed by atoms with Crippen molar-refractivity contribution in [2.24, 2.45) is 85.1 Å². The van der Waals surface area contributed by atoms with Crippen molar-refractivity contribution in [1.82, 2.24) is 15.5 Å². The Morgan fingerprint density at radius 1 is 0.828 bits per heavy atom. The van der Waals surface area contributed by atoms with E-state index in [9.17, 15) is 15.0 Å². The van der Waals surface area contributed by atoms with Gasteiger partial charge in [-0.15, -0.1) is 0 Å². The van der Waals surface area contributed by atoms with Crippen molar-refractivity contribution < 1.29 is 29.3 Å². The minimum absolute atomic E-state index is 0.0204. The van der Waals surface area contributed by atoms with Crippen molar-refractivity contribution in [2.45, 2.75) is 247 Å². The van der Waals surface area contributed by atoms with Crippen molar-refractivity contribution >= 4 is 39.4 Å². The molecule has 11 fully saturated rings. The Hall–Kier alpha value is -3.39. The third kappa shape index (κ3) is 8.97. The molecular weight excluding hydrogens is 1120 g/mol. The number of aliphatic imine (C=N–C) groups is 1. The van der Waals surface area contributed by atoms with Crippen LogP contribution in [0.25, 0.3) is 0 Å². The summed E-state index contributed by atoms with van der Waals surface area (Å²) in [5, 5.41) is 34.1. The van der Waals surface area contributed by atoms with E-state index in [1.165, 1.54) is 127 Å². The fraction of sp³-hybridized carbons (Fsp3) is 0.770. The van der Waals surface area contributed by atoms with Crippen LogP contribution in [0.2, 0.25) is 0 Å². The van der Waals surface area contributed by atoms with E-state index in [1.54, 1.807) is 6.92 Å². The summed E-state index contributed by atoms with van der Waals surface area (Å²) in [4.78, 5) is 36.3. The fourth-order valence-electron chi connectivity index (χ4n) is 25.9. The van der Waals surface area contributed by atoms with Gasteiger partial charge in [0.1, 0.15) is 16.1 Å². The molecule has 6 N–H and O–H groups in total. The highest BCUT2D eigenvalue weighted by Gasteiger charge is 2.72. The van der Waals surface area contributed by atoms with Crippen molar-refractivity contribution in [3.8, 4) is 11.5 Å². The number of phenols is 1. The second-order valence-corrected chi connectivity index (χ2v) is 35.1. The van der Waals surface area contributed by atoms with Crippen LogP contribution in [0.15, 0.2) is 53.5 Å². The molecule has 472 valence electrons. The zero-order valence-electron chi connectivity index (χ0n) is 52.7. The van der Waals surface area contributed by atoms with Gasteiger partial charge in [-0.25, -0.2) is 0 Å². The number of fused-ring (bicyclic) bond motifs is 1. The molecule has 10 saturated carbocycles. The number of aromatic hydroxyl groups is 1. The Balaban J connectivity index is 0.814. The molecule has 7 spiro atoms. The first-order valence-electron chi connectivity index (χ1n) is 35.7. The topological polar surface area (TPSA) is 159 Å². The Labute approximate surface area is 527 Å². The molecule has 7 heterocycles. The highest BCUT2D eigenvalue weighted by atomic mass is 33.1. The molecule has 0 radical (unpaired) electrons. The summed E-state index contributed by atoms with van der Waals surface area (Å²) < 4.78 is 14.3. The van der Waals surface area contributed by atoms with Crippen LogP contribution in [0.3, 0.4) is 0 Å². The largest absolute Gasteiger partial charge is 0.504 e. The third-order valence-corrected chi connectivity index (χ3v) is 32.6. The van der Waals surface area contributed by atoms with Gasteiger partial charge in [0.2, 0.25) is 5.91 Å². The minimum atomic E-state index is -0.803. The Morgan fingerprint density at radius 3 is 2.43 bits per heavy atom. The van der Waals surface area contributed by atoms with Crippen LogP contribution in [0.1, 0.15) is 234 Å². The van der Waals surface area contributed by atoms with Gasteiger partial charge in [0, 0.05) is 84.9 Å². The number of carbonyl (C=O) groups excluding carboxylic acids is 2. The quantitative estimate of drug-likeness (QED) is 0.113. The summed E-state index contributed by atoms with van der Waals surface area (Å²) in [5.41, 5.74) is 11.2. The van der Waals surface area contributed by atoms with Crippen molar-refractivity contribution in [3.63, 3.8) is 0 Å². The van der Waals surface area contributed by atoms with Gasteiger partial charge in [0.15, 0.2) is 17.5 Å². The number of aliphatic hydroxyl groups excluding tert-OH is 1. The number of phenolic OH excluding ortho intramolecular Hbond substituents is 1. The van der Waals surface area contributed by atoms with Gasteiger partial charge in [-0.2, -0.15) is 0 Å². The molecule has 2 aromatic rings. The van der Waals surface area contributed by atoms with Crippen molar-refractivity contribution in [2.75, 3.05) is 32.4 Å². The summed E-state index contributed by atoms with van der Waals surface area (Å²) in [5.74, 6) is 5.46. The van der Waals surface area contributed by atoms with Crippen LogP contribution in [0.5, 0.6) is 11.5 Å². The number of carbonyl (C=O) groups is 2. The van der Waals surface area contributed by atoms with Gasteiger partial charge in [0.05, 0.1) is 6.10 Å². The van der Waals surface area contributed by atoms with Crippen LogP contribution in [0, 0.1) is 74.4 Å². The number of ether oxygens (including phenoxy) is 2. The first-order valence-corrected chi connectivity index (χ1v) is 38.0. The van der Waals surface area contributed by atoms with Crippen LogP contribution < -0.4 is 21.1 Å². The predicted octanol–water partition coefficient (Wildman–Crippen LogP) is 14.4. The molecule has 0 aromatic heterocycles. The van der Waals surface area contributed by atoms with E-state index in [0.717, 1.165) is 93.4 Å². The summed E-state index contributed by atoms with van der Waals surface area (Å²) in [6.07, 6.45) is 39.1. The van der Waals surface area contributed by atoms with Gasteiger partial charge >= 0.3 is 5.97 Å². The molecule has 2 aromatic carbocycles. The maximum Gasteiger partial charge on any atom is 0.303 e. The molecule has 7 aliphatic heterocycles. The molecular formula is C74H103N5O6S2. The zero-order valence-corrected chi connectivity index (χ0v) is 54.4. The Bertz CT molecular complexity index is 3050. The van der Waals surface area contributed by atoms with Crippen LogP contribution in [-0.4, -0.2) is 87.6 Å². The maximum absolute atomic E-state index is 15.2. The summed E-state index contributed by atoms with van der Waals surface area (Å²) >= 11 is 0. The number of nitrogens with one attached hydrogen (secondary N) is 2. The molecule has 17 atom stereocenters. The molecule has 12 bridgehead atoms. The van der Waals surface area contributed by atoms with Crippen LogP contribution in [-0.2, 0) is 27.3 Å². The van der Waals surface area contributed by atoms with Gasteiger partial charge in [0.25, 0.3) is 0 Å². The molecule has 18 aliphatic rings. The molecule has 17 unspecified atom stereocenters. The number of nitrogens with zero attached hydrogens (tertiary/aromatic N) is 2. The normalized spacial score (nSPS) is 44.0. The monoisotopic (exact) mass is 1220 g/mol. The lowest BCUT2D eigenvalue weighted by Gasteiger charge is -2.61. The lowest BCUT2D eigenvalue weighted by atomic mass is 9.44. The highest BCUT2D eigenvalue weighted by Crippen LogP contribution is 2.80. The van der Waals surface area contributed by atoms with E-state index in [1.807, 2.05) is 0 Å². The number of benzene rings is 2. The number of guanidine groups is 1. The SMILES string of the molecule is CNCC1CCC2(CCC3(CC4CCC3CSSC3(CCCC35CCCC5)NC(N)=NCC3CCC(c5ccccc5)C35CC(=O)N(Cc3cc(c6c(c3O)OC37C=CC6CC3CCC7)CC3CCC6CC3(OC(C)=O)CC(O)C64)C5)C23CCCC3)C1. The van der Waals surface area contributed by atoms with E-state index in [2.05, 4.69) is 92.7 Å². The first-order chi connectivity index (χ1) is 42.2. The molecule has 1 amide bonds. The number of hydrogen-bond donors (Lipinski definition) is 5. The smallest absolute Gasteiger partial charge is 0.303 e. The first kappa shape index (κ1) is 58.7. The molecule has 11 nitrogen and oxygen atoms in total. The third-order valence-electron chi connectivity index (χ3n) is 29.3. The molecule has 11 aliphatic carbocycles. The van der Waals surface area contributed by atoms with Gasteiger partial charge in [-0.3, -0.25) is 14.6 Å². The van der Waals surface area contributed by atoms with E-state index in [-0.39, 0.29) is 80.8 Å². The number of nitrogens with two attached hydrogens (primary N) is 1. The molecule has 1 saturated heterocycles. The second kappa shape index (κ2) is 21.9. The van der Waals surface area contributed by atoms with Gasteiger partial charge in [-0.1, -0.05) is 83.7 Å². The second-order valence-electron chi connectivity index (χ2n) is 32.5. The van der Waals surface area contributed by atoms with Crippen LogP contribution >= 0.6 is 21.6 Å². The van der Waals surface area contributed by atoms with Gasteiger partial charge in [-0.05, 0) is 255 Å². The molecule has 20 rings (SSSR count). The van der Waals surface area contributed by atoms with E-state index < -0.39 is 17.3 Å².